The van der Waals surface area contributed by atoms with Crippen LogP contribution in [0.2, 0.25) is 0 Å². The molecular weight excluding hydrogens is 424 g/mol. The molecule has 1 aromatic carbocycles. The largest absolute Gasteiger partial charge is 0.379 e. The summed E-state index contributed by atoms with van der Waals surface area (Å²) in [7, 11) is -3.72. The Morgan fingerprint density at radius 2 is 1.97 bits per heavy atom. The molecule has 10 nitrogen and oxygen atoms in total. The molecule has 4 rings (SSSR count). The summed E-state index contributed by atoms with van der Waals surface area (Å²) in [6, 6.07) is 4.52. The number of ether oxygens (including phenoxy) is 1. The van der Waals surface area contributed by atoms with Gasteiger partial charge in [0.05, 0.1) is 29.2 Å². The van der Waals surface area contributed by atoms with Crippen molar-refractivity contribution in [3.05, 3.63) is 46.3 Å². The number of rotatable bonds is 4. The number of fused-ring (bicyclic) bond motifs is 1. The van der Waals surface area contributed by atoms with E-state index in [4.69, 9.17) is 9.94 Å². The summed E-state index contributed by atoms with van der Waals surface area (Å²) in [4.78, 5) is 27.6. The minimum Gasteiger partial charge on any atom is -0.379 e. The maximum Gasteiger partial charge on any atom is 0.276 e. The van der Waals surface area contributed by atoms with E-state index < -0.39 is 15.9 Å². The second-order valence-corrected chi connectivity index (χ2v) is 9.28. The summed E-state index contributed by atoms with van der Waals surface area (Å²) >= 11 is 0. The van der Waals surface area contributed by atoms with E-state index in [0.717, 1.165) is 0 Å². The van der Waals surface area contributed by atoms with Gasteiger partial charge in [-0.3, -0.25) is 14.8 Å². The van der Waals surface area contributed by atoms with Gasteiger partial charge in [-0.15, -0.1) is 0 Å². The Balaban J connectivity index is 1.76. The lowest BCUT2D eigenvalue weighted by Crippen LogP contribution is -2.40. The number of sulfonamides is 1. The number of H-pyrrole nitrogens is 1. The highest BCUT2D eigenvalue weighted by atomic mass is 32.2. The van der Waals surface area contributed by atoms with Crippen molar-refractivity contribution >= 4 is 39.2 Å². The molecule has 0 atom stereocenters. The minimum atomic E-state index is -3.72. The fourth-order valence-electron chi connectivity index (χ4n) is 3.87. The Morgan fingerprint density at radius 1 is 1.26 bits per heavy atom. The first-order valence-corrected chi connectivity index (χ1v) is 11.1. The summed E-state index contributed by atoms with van der Waals surface area (Å²) in [6.45, 7) is 4.59. The van der Waals surface area contributed by atoms with Crippen molar-refractivity contribution in [2.75, 3.05) is 31.6 Å². The van der Waals surface area contributed by atoms with Gasteiger partial charge in [-0.25, -0.2) is 13.9 Å². The van der Waals surface area contributed by atoms with Crippen LogP contribution in [0.1, 0.15) is 32.9 Å². The lowest BCUT2D eigenvalue weighted by Gasteiger charge is -2.26. The normalized spacial score (nSPS) is 18.2. The highest BCUT2D eigenvalue weighted by molar-refractivity contribution is 7.89. The van der Waals surface area contributed by atoms with Crippen molar-refractivity contribution in [1.29, 1.82) is 0 Å². The number of hydrogen-bond donors (Lipinski definition) is 4. The van der Waals surface area contributed by atoms with Crippen molar-refractivity contribution in [3.8, 4) is 0 Å². The van der Waals surface area contributed by atoms with Crippen molar-refractivity contribution in [2.45, 2.75) is 18.7 Å². The van der Waals surface area contributed by atoms with Gasteiger partial charge in [-0.2, -0.15) is 4.31 Å². The molecule has 3 heterocycles. The van der Waals surface area contributed by atoms with Crippen molar-refractivity contribution in [2.24, 2.45) is 0 Å². The van der Waals surface area contributed by atoms with Gasteiger partial charge in [0.1, 0.15) is 0 Å². The lowest BCUT2D eigenvalue weighted by molar-refractivity contribution is -0.110. The molecule has 0 aliphatic carbocycles. The smallest absolute Gasteiger partial charge is 0.276 e. The fourth-order valence-corrected chi connectivity index (χ4v) is 5.30. The molecule has 4 N–H and O–H groups in total. The number of aromatic nitrogens is 1. The second kappa shape index (κ2) is 7.93. The molecule has 11 heteroatoms. The van der Waals surface area contributed by atoms with E-state index in [1.165, 1.54) is 16.4 Å². The Labute approximate surface area is 178 Å². The molecule has 0 bridgehead atoms. The van der Waals surface area contributed by atoms with Gasteiger partial charge in [0.25, 0.3) is 11.8 Å². The Hall–Kier alpha value is -2.99. The van der Waals surface area contributed by atoms with Crippen LogP contribution in [0.25, 0.3) is 11.6 Å². The van der Waals surface area contributed by atoms with Crippen LogP contribution in [0, 0.1) is 13.8 Å². The summed E-state index contributed by atoms with van der Waals surface area (Å²) in [5.41, 5.74) is 4.71. The van der Waals surface area contributed by atoms with Gasteiger partial charge in [-0.1, -0.05) is 0 Å². The van der Waals surface area contributed by atoms with E-state index in [1.807, 2.05) is 0 Å². The molecule has 2 aliphatic heterocycles. The van der Waals surface area contributed by atoms with E-state index in [-0.39, 0.29) is 35.0 Å². The fraction of sp³-hybridized carbons (Fsp3) is 0.300. The third-order valence-corrected chi connectivity index (χ3v) is 7.37. The van der Waals surface area contributed by atoms with E-state index >= 15 is 0 Å². The summed E-state index contributed by atoms with van der Waals surface area (Å²) in [5.74, 6) is -1.04. The second-order valence-electron chi connectivity index (χ2n) is 7.34. The Kier molecular flexibility index (Phi) is 5.43. The quantitative estimate of drug-likeness (QED) is 0.317. The number of aryl methyl sites for hydroxylation is 1. The molecular formula is C20H22N4O6S. The van der Waals surface area contributed by atoms with Gasteiger partial charge in [-0.05, 0) is 43.7 Å². The van der Waals surface area contributed by atoms with Crippen LogP contribution >= 0.6 is 0 Å². The molecule has 0 spiro atoms. The first kappa shape index (κ1) is 21.2. The number of anilines is 1. The van der Waals surface area contributed by atoms with Crippen molar-refractivity contribution < 1.29 is 28.0 Å². The Bertz CT molecular complexity index is 1210. The van der Waals surface area contributed by atoms with Crippen LogP contribution in [0.15, 0.2) is 23.1 Å². The number of carbonyl (C=O) groups is 2. The zero-order valence-electron chi connectivity index (χ0n) is 17.0. The maximum atomic E-state index is 13.0. The summed E-state index contributed by atoms with van der Waals surface area (Å²) < 4.78 is 32.6. The van der Waals surface area contributed by atoms with Crippen LogP contribution in [0.4, 0.5) is 5.69 Å². The van der Waals surface area contributed by atoms with Gasteiger partial charge < -0.3 is 15.0 Å². The van der Waals surface area contributed by atoms with Crippen molar-refractivity contribution in [3.63, 3.8) is 0 Å². The van der Waals surface area contributed by atoms with Gasteiger partial charge in [0.15, 0.2) is 0 Å². The molecule has 0 unspecified atom stereocenters. The SMILES string of the molecule is Cc1[nH]c(/C=C2/C(=O)Nc3ccc(S(=O)(=O)N4CCOCC4)cc32)c(C)c1C(=O)NO. The monoisotopic (exact) mass is 446 g/mol. The number of nitrogens with zero attached hydrogens (tertiary/aromatic N) is 1. The molecule has 1 aromatic heterocycles. The Morgan fingerprint density at radius 3 is 2.65 bits per heavy atom. The summed E-state index contributed by atoms with van der Waals surface area (Å²) in [6.07, 6.45) is 1.57. The highest BCUT2D eigenvalue weighted by Crippen LogP contribution is 2.36. The number of aromatic amines is 1. The molecule has 0 radical (unpaired) electrons. The first-order valence-electron chi connectivity index (χ1n) is 9.63. The average Bonchev–Trinajstić information content (AvgIpc) is 3.23. The van der Waals surface area contributed by atoms with E-state index in [9.17, 15) is 18.0 Å². The molecule has 1 fully saturated rings. The van der Waals surface area contributed by atoms with E-state index in [0.29, 0.717) is 41.4 Å². The molecule has 2 aromatic rings. The van der Waals surface area contributed by atoms with Crippen LogP contribution in [-0.2, 0) is 19.6 Å². The third-order valence-electron chi connectivity index (χ3n) is 5.48. The number of amides is 2. The minimum absolute atomic E-state index is 0.0929. The van der Waals surface area contributed by atoms with Gasteiger partial charge in [0, 0.05) is 35.7 Å². The predicted octanol–water partition coefficient (Wildman–Crippen LogP) is 1.26. The first-order chi connectivity index (χ1) is 14.7. The van der Waals surface area contributed by atoms with E-state index in [2.05, 4.69) is 10.3 Å². The van der Waals surface area contributed by atoms with Crippen LogP contribution in [0.5, 0.6) is 0 Å². The topological polar surface area (TPSA) is 141 Å². The third kappa shape index (κ3) is 3.65. The van der Waals surface area contributed by atoms with Crippen LogP contribution < -0.4 is 10.8 Å². The number of carbonyl (C=O) groups excluding carboxylic acids is 2. The number of morpholine rings is 1. The number of benzene rings is 1. The molecule has 1 saturated heterocycles. The molecule has 2 amide bonds. The zero-order chi connectivity index (χ0) is 22.3. The number of nitrogens with one attached hydrogen (secondary N) is 3. The maximum absolute atomic E-state index is 13.0. The van der Waals surface area contributed by atoms with E-state index in [1.54, 1.807) is 31.5 Å². The zero-order valence-corrected chi connectivity index (χ0v) is 17.8. The predicted molar refractivity (Wildman–Crippen MR) is 112 cm³/mol. The lowest BCUT2D eigenvalue weighted by atomic mass is 10.0. The van der Waals surface area contributed by atoms with Crippen LogP contribution in [0.3, 0.4) is 0 Å². The average molecular weight is 446 g/mol. The molecule has 2 aliphatic rings. The standard InChI is InChI=1S/C20H22N4O6S/c1-11-17(21-12(2)18(11)20(26)23-27)10-15-14-9-13(3-4-16(14)22-19(15)25)31(28,29)24-5-7-30-8-6-24/h3-4,9-10,21,27H,5-8H2,1-2H3,(H,22,25)(H,23,26)/b15-10+. The number of hydroxylamine groups is 1. The van der Waals surface area contributed by atoms with Gasteiger partial charge in [0.2, 0.25) is 10.0 Å². The molecule has 31 heavy (non-hydrogen) atoms. The van der Waals surface area contributed by atoms with Crippen LogP contribution in [-0.4, -0.2) is 61.0 Å². The molecule has 164 valence electrons. The summed E-state index contributed by atoms with van der Waals surface area (Å²) in [5, 5.41) is 11.7. The van der Waals surface area contributed by atoms with Crippen molar-refractivity contribution in [1.82, 2.24) is 14.8 Å². The number of hydrogen-bond acceptors (Lipinski definition) is 6. The highest BCUT2D eigenvalue weighted by Gasteiger charge is 2.31. The molecule has 0 saturated carbocycles. The van der Waals surface area contributed by atoms with Gasteiger partial charge >= 0.3 is 0 Å².